The second-order valence-electron chi connectivity index (χ2n) is 6.34. The number of amides is 4. The van der Waals surface area contributed by atoms with Crippen LogP contribution in [0.1, 0.15) is 12.8 Å². The van der Waals surface area contributed by atoms with Gasteiger partial charge in [-0.2, -0.15) is 0 Å². The number of imide groups is 1. The number of carbonyl (C=O) groups is 3. The number of nitrogens with one attached hydrogen (secondary N) is 1. The van der Waals surface area contributed by atoms with Gasteiger partial charge in [0, 0.05) is 12.7 Å². The molecule has 2 heterocycles. The van der Waals surface area contributed by atoms with E-state index in [0.717, 1.165) is 4.90 Å². The molecule has 25 heavy (non-hydrogen) atoms. The van der Waals surface area contributed by atoms with E-state index in [-0.39, 0.29) is 30.9 Å². The zero-order valence-corrected chi connectivity index (χ0v) is 14.6. The number of likely N-dealkylation sites (N-methyl/N-ethyl adjacent to an activating group) is 1. The van der Waals surface area contributed by atoms with Crippen LogP contribution in [0.3, 0.4) is 0 Å². The number of benzene rings is 1. The standard InChI is InChI=1S/C16H19N3O5S/c1-18(12-5-3-2-4-6-12)13(20)11-19-14(21)16(17-15(19)22)7-9-25(23,24)10-8-16/h2-6H,7-11H2,1H3,(H,17,22). The zero-order valence-electron chi connectivity index (χ0n) is 13.8. The molecule has 0 radical (unpaired) electrons. The summed E-state index contributed by atoms with van der Waals surface area (Å²) in [5.74, 6) is -1.23. The molecular formula is C16H19N3O5S. The summed E-state index contributed by atoms with van der Waals surface area (Å²) in [6, 6.07) is 8.22. The Morgan fingerprint density at radius 2 is 1.80 bits per heavy atom. The Morgan fingerprint density at radius 1 is 1.20 bits per heavy atom. The van der Waals surface area contributed by atoms with Crippen molar-refractivity contribution in [3.63, 3.8) is 0 Å². The van der Waals surface area contributed by atoms with Gasteiger partial charge in [-0.05, 0) is 25.0 Å². The summed E-state index contributed by atoms with van der Waals surface area (Å²) in [5, 5.41) is 2.59. The second kappa shape index (κ2) is 6.14. The van der Waals surface area contributed by atoms with E-state index in [0.29, 0.717) is 5.69 Å². The average molecular weight is 365 g/mol. The van der Waals surface area contributed by atoms with Crippen LogP contribution in [0.4, 0.5) is 10.5 Å². The van der Waals surface area contributed by atoms with E-state index >= 15 is 0 Å². The molecule has 0 saturated carbocycles. The van der Waals surface area contributed by atoms with Crippen molar-refractivity contribution in [2.45, 2.75) is 18.4 Å². The maximum absolute atomic E-state index is 12.7. The molecule has 0 atom stereocenters. The highest BCUT2D eigenvalue weighted by atomic mass is 32.2. The van der Waals surface area contributed by atoms with Crippen LogP contribution in [0.25, 0.3) is 0 Å². The van der Waals surface area contributed by atoms with Crippen LogP contribution < -0.4 is 10.2 Å². The van der Waals surface area contributed by atoms with Gasteiger partial charge in [0.05, 0.1) is 11.5 Å². The molecule has 2 saturated heterocycles. The normalized spacial score (nSPS) is 21.2. The summed E-state index contributed by atoms with van der Waals surface area (Å²) in [4.78, 5) is 39.5. The fraction of sp³-hybridized carbons (Fsp3) is 0.438. The molecule has 4 amide bonds. The van der Waals surface area contributed by atoms with Gasteiger partial charge < -0.3 is 10.2 Å². The largest absolute Gasteiger partial charge is 0.325 e. The van der Waals surface area contributed by atoms with Crippen LogP contribution in [0, 0.1) is 0 Å². The van der Waals surface area contributed by atoms with E-state index < -0.39 is 33.2 Å². The van der Waals surface area contributed by atoms with Gasteiger partial charge in [0.25, 0.3) is 5.91 Å². The molecule has 8 nitrogen and oxygen atoms in total. The van der Waals surface area contributed by atoms with E-state index in [1.807, 2.05) is 6.07 Å². The maximum Gasteiger partial charge on any atom is 0.325 e. The van der Waals surface area contributed by atoms with Crippen molar-refractivity contribution in [3.8, 4) is 0 Å². The lowest BCUT2D eigenvalue weighted by molar-refractivity contribution is -0.134. The van der Waals surface area contributed by atoms with Gasteiger partial charge in [-0.3, -0.25) is 14.5 Å². The number of rotatable bonds is 3. The van der Waals surface area contributed by atoms with Crippen LogP contribution in [0.2, 0.25) is 0 Å². The minimum Gasteiger partial charge on any atom is -0.323 e. The number of nitrogens with zero attached hydrogens (tertiary/aromatic N) is 2. The quantitative estimate of drug-likeness (QED) is 0.768. The third kappa shape index (κ3) is 3.23. The topological polar surface area (TPSA) is 104 Å². The summed E-state index contributed by atoms with van der Waals surface area (Å²) in [7, 11) is -1.61. The molecule has 1 N–H and O–H groups in total. The first-order valence-electron chi connectivity index (χ1n) is 7.90. The molecule has 3 rings (SSSR count). The SMILES string of the molecule is CN(C(=O)CN1C(=O)NC2(CCS(=O)(=O)CC2)C1=O)c1ccccc1. The monoisotopic (exact) mass is 365 g/mol. The van der Waals surface area contributed by atoms with E-state index in [4.69, 9.17) is 0 Å². The van der Waals surface area contributed by atoms with Crippen molar-refractivity contribution < 1.29 is 22.8 Å². The number of sulfone groups is 1. The lowest BCUT2D eigenvalue weighted by Crippen LogP contribution is -2.52. The molecule has 2 fully saturated rings. The average Bonchev–Trinajstić information content (AvgIpc) is 2.82. The molecule has 1 spiro atoms. The molecule has 0 unspecified atom stereocenters. The Kier molecular flexibility index (Phi) is 4.28. The molecule has 1 aromatic carbocycles. The van der Waals surface area contributed by atoms with Crippen LogP contribution in [0.15, 0.2) is 30.3 Å². The van der Waals surface area contributed by atoms with Crippen LogP contribution in [0.5, 0.6) is 0 Å². The molecule has 9 heteroatoms. The lowest BCUT2D eigenvalue weighted by atomic mass is 9.92. The molecule has 1 aromatic rings. The van der Waals surface area contributed by atoms with Gasteiger partial charge in [-0.15, -0.1) is 0 Å². The van der Waals surface area contributed by atoms with Crippen molar-refractivity contribution in [2.75, 3.05) is 30.0 Å². The summed E-state index contributed by atoms with van der Waals surface area (Å²) < 4.78 is 23.2. The minimum atomic E-state index is -3.17. The Balaban J connectivity index is 1.72. The summed E-state index contributed by atoms with van der Waals surface area (Å²) in [6.45, 7) is -0.384. The van der Waals surface area contributed by atoms with Gasteiger partial charge in [0.15, 0.2) is 9.84 Å². The maximum atomic E-state index is 12.7. The Labute approximate surface area is 145 Å². The zero-order chi connectivity index (χ0) is 18.2. The van der Waals surface area contributed by atoms with Gasteiger partial charge in [0.2, 0.25) is 5.91 Å². The van der Waals surface area contributed by atoms with Gasteiger partial charge in [-0.25, -0.2) is 13.2 Å². The fourth-order valence-corrected chi connectivity index (χ4v) is 4.61. The number of hydrogen-bond donors (Lipinski definition) is 1. The number of anilines is 1. The summed E-state index contributed by atoms with van der Waals surface area (Å²) in [5.41, 5.74) is -0.549. The minimum absolute atomic E-state index is 0.0408. The number of hydrogen-bond acceptors (Lipinski definition) is 5. The lowest BCUT2D eigenvalue weighted by Gasteiger charge is -2.30. The number of para-hydroxylation sites is 1. The highest BCUT2D eigenvalue weighted by Gasteiger charge is 2.53. The van der Waals surface area contributed by atoms with Crippen molar-refractivity contribution in [1.29, 1.82) is 0 Å². The predicted molar refractivity (Wildman–Crippen MR) is 90.7 cm³/mol. The fourth-order valence-electron chi connectivity index (χ4n) is 3.08. The Bertz CT molecular complexity index is 807. The van der Waals surface area contributed by atoms with Crippen molar-refractivity contribution >= 4 is 33.4 Å². The summed E-state index contributed by atoms with van der Waals surface area (Å²) in [6.07, 6.45) is 0.0816. The number of carbonyl (C=O) groups excluding carboxylic acids is 3. The summed E-state index contributed by atoms with van der Waals surface area (Å²) >= 11 is 0. The second-order valence-corrected chi connectivity index (χ2v) is 8.65. The smallest absolute Gasteiger partial charge is 0.323 e. The molecular weight excluding hydrogens is 346 g/mol. The molecule has 2 aliphatic heterocycles. The van der Waals surface area contributed by atoms with E-state index in [2.05, 4.69) is 5.32 Å². The third-order valence-corrected chi connectivity index (χ3v) is 6.39. The predicted octanol–water partition coefficient (Wildman–Crippen LogP) is 0.149. The molecule has 0 bridgehead atoms. The molecule has 2 aliphatic rings. The van der Waals surface area contributed by atoms with Crippen LogP contribution >= 0.6 is 0 Å². The van der Waals surface area contributed by atoms with Crippen molar-refractivity contribution in [2.24, 2.45) is 0 Å². The van der Waals surface area contributed by atoms with Crippen molar-refractivity contribution in [1.82, 2.24) is 10.2 Å². The highest BCUT2D eigenvalue weighted by Crippen LogP contribution is 2.30. The third-order valence-electron chi connectivity index (χ3n) is 4.74. The Morgan fingerprint density at radius 3 is 2.40 bits per heavy atom. The highest BCUT2D eigenvalue weighted by molar-refractivity contribution is 7.91. The van der Waals surface area contributed by atoms with Gasteiger partial charge >= 0.3 is 6.03 Å². The first kappa shape index (κ1) is 17.4. The van der Waals surface area contributed by atoms with E-state index in [9.17, 15) is 22.8 Å². The van der Waals surface area contributed by atoms with Crippen molar-refractivity contribution in [3.05, 3.63) is 30.3 Å². The molecule has 0 aliphatic carbocycles. The Hall–Kier alpha value is -2.42. The molecule has 134 valence electrons. The van der Waals surface area contributed by atoms with Crippen LogP contribution in [-0.2, 0) is 19.4 Å². The van der Waals surface area contributed by atoms with Gasteiger partial charge in [-0.1, -0.05) is 18.2 Å². The number of urea groups is 1. The first-order valence-corrected chi connectivity index (χ1v) is 9.72. The first-order chi connectivity index (χ1) is 11.7. The molecule has 0 aromatic heterocycles. The van der Waals surface area contributed by atoms with Crippen LogP contribution in [-0.4, -0.2) is 61.8 Å². The van der Waals surface area contributed by atoms with E-state index in [1.54, 1.807) is 31.3 Å². The van der Waals surface area contributed by atoms with Gasteiger partial charge in [0.1, 0.15) is 12.1 Å². The van der Waals surface area contributed by atoms with E-state index in [1.165, 1.54) is 4.90 Å².